The number of likely N-dealkylation sites (N-methyl/N-ethyl adjacent to an activating group) is 1. The fourth-order valence-electron chi connectivity index (χ4n) is 1.96. The molecule has 0 aromatic heterocycles. The van der Waals surface area contributed by atoms with E-state index in [0.29, 0.717) is 12.5 Å². The lowest BCUT2D eigenvalue weighted by Gasteiger charge is -2.15. The van der Waals surface area contributed by atoms with Gasteiger partial charge in [-0.2, -0.15) is 0 Å². The fraction of sp³-hybridized carbons (Fsp3) is 0.294. The molecule has 4 heteroatoms. The van der Waals surface area contributed by atoms with E-state index in [9.17, 15) is 0 Å². The molecule has 0 aliphatic carbocycles. The second-order valence-corrected chi connectivity index (χ2v) is 5.69. The zero-order chi connectivity index (χ0) is 15.1. The van der Waals surface area contributed by atoms with E-state index in [1.165, 1.54) is 0 Å². The molecular formula is C17H19Cl2NO. The number of hydrogen-bond acceptors (Lipinski definition) is 2. The van der Waals surface area contributed by atoms with E-state index in [2.05, 4.69) is 17.0 Å². The molecule has 0 bridgehead atoms. The second kappa shape index (κ2) is 8.28. The van der Waals surface area contributed by atoms with E-state index < -0.39 is 0 Å². The van der Waals surface area contributed by atoms with Gasteiger partial charge in [-0.25, -0.2) is 0 Å². The van der Waals surface area contributed by atoms with Crippen molar-refractivity contribution in [3.8, 4) is 16.9 Å². The highest BCUT2D eigenvalue weighted by molar-refractivity contribution is 6.30. The number of benzene rings is 2. The minimum absolute atomic E-state index is 0.645. The fourth-order valence-corrected chi connectivity index (χ4v) is 2.38. The molecule has 112 valence electrons. The first-order valence-electron chi connectivity index (χ1n) is 6.92. The summed E-state index contributed by atoms with van der Waals surface area (Å²) >= 11 is 11.6. The summed E-state index contributed by atoms with van der Waals surface area (Å²) in [6.07, 6.45) is 0. The minimum atomic E-state index is 0.645. The van der Waals surface area contributed by atoms with Crippen LogP contribution in [0.25, 0.3) is 11.1 Å². The van der Waals surface area contributed by atoms with Gasteiger partial charge in [0.15, 0.2) is 0 Å². The van der Waals surface area contributed by atoms with Crippen LogP contribution in [-0.2, 0) is 0 Å². The molecule has 0 N–H and O–H groups in total. The topological polar surface area (TPSA) is 12.5 Å². The lowest BCUT2D eigenvalue weighted by atomic mass is 10.1. The maximum absolute atomic E-state index is 5.90. The average molecular weight is 324 g/mol. The predicted molar refractivity (Wildman–Crippen MR) is 90.6 cm³/mol. The minimum Gasteiger partial charge on any atom is -0.492 e. The Bertz CT molecular complexity index is 540. The third-order valence-electron chi connectivity index (χ3n) is 3.24. The van der Waals surface area contributed by atoms with Gasteiger partial charge in [-0.05, 0) is 42.4 Å². The average Bonchev–Trinajstić information content (AvgIpc) is 2.49. The van der Waals surface area contributed by atoms with E-state index in [1.807, 2.05) is 43.4 Å². The first-order valence-corrected chi connectivity index (χ1v) is 7.83. The molecule has 0 saturated heterocycles. The Morgan fingerprint density at radius 2 is 1.48 bits per heavy atom. The second-order valence-electron chi connectivity index (χ2n) is 4.87. The van der Waals surface area contributed by atoms with Crippen molar-refractivity contribution in [3.05, 3.63) is 53.6 Å². The van der Waals surface area contributed by atoms with Gasteiger partial charge in [0.05, 0.1) is 0 Å². The molecule has 0 spiro atoms. The first kappa shape index (κ1) is 16.2. The van der Waals surface area contributed by atoms with Crippen LogP contribution < -0.4 is 4.74 Å². The molecule has 2 nitrogen and oxygen atoms in total. The van der Waals surface area contributed by atoms with Crippen LogP contribution in [0.5, 0.6) is 5.75 Å². The van der Waals surface area contributed by atoms with Crippen LogP contribution in [-0.4, -0.2) is 37.5 Å². The lowest BCUT2D eigenvalue weighted by molar-refractivity contribution is 0.244. The molecule has 2 aromatic rings. The van der Waals surface area contributed by atoms with Gasteiger partial charge in [-0.1, -0.05) is 35.9 Å². The summed E-state index contributed by atoms with van der Waals surface area (Å²) in [5.41, 5.74) is 2.30. The third-order valence-corrected chi connectivity index (χ3v) is 3.66. The predicted octanol–water partition coefficient (Wildman–Crippen LogP) is 4.56. The Morgan fingerprint density at radius 1 is 0.905 bits per heavy atom. The molecule has 2 aromatic carbocycles. The van der Waals surface area contributed by atoms with E-state index in [4.69, 9.17) is 27.9 Å². The summed E-state index contributed by atoms with van der Waals surface area (Å²) < 4.78 is 5.73. The van der Waals surface area contributed by atoms with E-state index in [1.54, 1.807) is 0 Å². The SMILES string of the molecule is CN(CCCl)CCOc1ccc(-c2ccc(Cl)cc2)cc1. The molecule has 0 fully saturated rings. The molecule has 21 heavy (non-hydrogen) atoms. The highest BCUT2D eigenvalue weighted by Gasteiger charge is 2.00. The quantitative estimate of drug-likeness (QED) is 0.693. The molecule has 0 atom stereocenters. The summed E-state index contributed by atoms with van der Waals surface area (Å²) in [6.45, 7) is 2.40. The zero-order valence-corrected chi connectivity index (χ0v) is 13.6. The van der Waals surface area contributed by atoms with Gasteiger partial charge in [0, 0.05) is 24.0 Å². The van der Waals surface area contributed by atoms with Crippen molar-refractivity contribution >= 4 is 23.2 Å². The Balaban J connectivity index is 1.88. The maximum atomic E-state index is 5.90. The van der Waals surface area contributed by atoms with Crippen LogP contribution in [0.2, 0.25) is 5.02 Å². The number of nitrogens with zero attached hydrogens (tertiary/aromatic N) is 1. The summed E-state index contributed by atoms with van der Waals surface area (Å²) in [6, 6.07) is 15.9. The monoisotopic (exact) mass is 323 g/mol. The van der Waals surface area contributed by atoms with Crippen LogP contribution in [0.1, 0.15) is 0 Å². The van der Waals surface area contributed by atoms with Gasteiger partial charge < -0.3 is 9.64 Å². The zero-order valence-electron chi connectivity index (χ0n) is 12.1. The van der Waals surface area contributed by atoms with E-state index in [-0.39, 0.29) is 0 Å². The van der Waals surface area contributed by atoms with Gasteiger partial charge in [0.25, 0.3) is 0 Å². The molecule has 0 unspecified atom stereocenters. The van der Waals surface area contributed by atoms with Crippen molar-refractivity contribution in [2.45, 2.75) is 0 Å². The number of ether oxygens (including phenoxy) is 1. The molecule has 0 aliphatic rings. The van der Waals surface area contributed by atoms with Crippen molar-refractivity contribution in [3.63, 3.8) is 0 Å². The van der Waals surface area contributed by atoms with Crippen molar-refractivity contribution in [2.24, 2.45) is 0 Å². The van der Waals surface area contributed by atoms with Crippen molar-refractivity contribution in [2.75, 3.05) is 32.6 Å². The Labute approximate surface area is 136 Å². The van der Waals surface area contributed by atoms with Crippen molar-refractivity contribution < 1.29 is 4.74 Å². The van der Waals surface area contributed by atoms with Crippen LogP contribution in [0.3, 0.4) is 0 Å². The number of rotatable bonds is 7. The Morgan fingerprint density at radius 3 is 2.05 bits per heavy atom. The van der Waals surface area contributed by atoms with Crippen LogP contribution in [0.15, 0.2) is 48.5 Å². The number of alkyl halides is 1. The summed E-state index contributed by atoms with van der Waals surface area (Å²) in [5, 5.41) is 0.750. The van der Waals surface area contributed by atoms with Crippen molar-refractivity contribution in [1.29, 1.82) is 0 Å². The molecule has 0 aliphatic heterocycles. The van der Waals surface area contributed by atoms with Crippen LogP contribution >= 0.6 is 23.2 Å². The normalized spacial score (nSPS) is 10.9. The molecule has 0 radical (unpaired) electrons. The first-order chi connectivity index (χ1) is 10.2. The molecule has 2 rings (SSSR count). The van der Waals surface area contributed by atoms with Crippen molar-refractivity contribution in [1.82, 2.24) is 4.90 Å². The molecule has 0 amide bonds. The molecule has 0 saturated carbocycles. The summed E-state index contributed by atoms with van der Waals surface area (Å²) in [4.78, 5) is 2.15. The van der Waals surface area contributed by atoms with Crippen LogP contribution in [0.4, 0.5) is 0 Å². The third kappa shape index (κ3) is 5.24. The van der Waals surface area contributed by atoms with E-state index >= 15 is 0 Å². The standard InChI is InChI=1S/C17H19Cl2NO/c1-20(11-10-18)12-13-21-17-8-4-15(5-9-17)14-2-6-16(19)7-3-14/h2-9H,10-13H2,1H3. The highest BCUT2D eigenvalue weighted by atomic mass is 35.5. The molecular weight excluding hydrogens is 305 g/mol. The van der Waals surface area contributed by atoms with Gasteiger partial charge in [0.2, 0.25) is 0 Å². The largest absolute Gasteiger partial charge is 0.492 e. The van der Waals surface area contributed by atoms with Gasteiger partial charge in [-0.15, -0.1) is 11.6 Å². The Hall–Kier alpha value is -1.22. The maximum Gasteiger partial charge on any atom is 0.119 e. The molecule has 0 heterocycles. The summed E-state index contributed by atoms with van der Waals surface area (Å²) in [5.74, 6) is 1.53. The van der Waals surface area contributed by atoms with Crippen LogP contribution in [0, 0.1) is 0 Å². The smallest absolute Gasteiger partial charge is 0.119 e. The lowest BCUT2D eigenvalue weighted by Crippen LogP contribution is -2.26. The highest BCUT2D eigenvalue weighted by Crippen LogP contribution is 2.23. The van der Waals surface area contributed by atoms with Gasteiger partial charge >= 0.3 is 0 Å². The van der Waals surface area contributed by atoms with Gasteiger partial charge in [0.1, 0.15) is 12.4 Å². The number of halogens is 2. The van der Waals surface area contributed by atoms with E-state index in [0.717, 1.165) is 35.0 Å². The van der Waals surface area contributed by atoms with Gasteiger partial charge in [-0.3, -0.25) is 0 Å². The Kier molecular flexibility index (Phi) is 6.37. The summed E-state index contributed by atoms with van der Waals surface area (Å²) in [7, 11) is 2.04. The number of hydrogen-bond donors (Lipinski definition) is 0.